The number of oxazole rings is 1. The van der Waals surface area contributed by atoms with Crippen LogP contribution in [0.4, 0.5) is 6.01 Å². The Morgan fingerprint density at radius 1 is 1.07 bits per heavy atom. The Morgan fingerprint density at radius 2 is 1.85 bits per heavy atom. The minimum atomic E-state index is -0.454. The second-order valence-electron chi connectivity index (χ2n) is 5.74. The summed E-state index contributed by atoms with van der Waals surface area (Å²) in [6, 6.07) is 8.16. The highest BCUT2D eigenvalue weighted by molar-refractivity contribution is 6.42. The van der Waals surface area contributed by atoms with Crippen molar-refractivity contribution in [3.8, 4) is 11.3 Å². The fraction of sp³-hybridized carbons (Fsp3) is 0.111. The van der Waals surface area contributed by atoms with Crippen molar-refractivity contribution in [3.05, 3.63) is 64.1 Å². The molecule has 27 heavy (non-hydrogen) atoms. The van der Waals surface area contributed by atoms with Gasteiger partial charge in [-0.25, -0.2) is 4.98 Å². The number of aromatic nitrogens is 2. The Balaban J connectivity index is 1.79. The zero-order valence-corrected chi connectivity index (χ0v) is 15.9. The third-order valence-corrected chi connectivity index (χ3v) is 4.32. The van der Waals surface area contributed by atoms with Gasteiger partial charge in [-0.3, -0.25) is 19.9 Å². The fourth-order valence-electron chi connectivity index (χ4n) is 2.21. The first-order valence-corrected chi connectivity index (χ1v) is 8.51. The molecule has 3 aromatic rings. The van der Waals surface area contributed by atoms with Crippen LogP contribution in [0.5, 0.6) is 0 Å². The van der Waals surface area contributed by atoms with Crippen LogP contribution in [-0.4, -0.2) is 40.8 Å². The molecule has 0 fully saturated rings. The zero-order chi connectivity index (χ0) is 19.6. The topological polar surface area (TPSA) is 88.3 Å². The molecular weight excluding hydrogens is 391 g/mol. The molecule has 0 aliphatic carbocycles. The quantitative estimate of drug-likeness (QED) is 0.709. The third kappa shape index (κ3) is 4.27. The van der Waals surface area contributed by atoms with Crippen molar-refractivity contribution < 1.29 is 14.0 Å². The Bertz CT molecular complexity index is 1020. The lowest BCUT2D eigenvalue weighted by atomic mass is 10.1. The lowest BCUT2D eigenvalue weighted by Crippen LogP contribution is -2.21. The summed E-state index contributed by atoms with van der Waals surface area (Å²) in [5, 5.41) is 3.33. The molecule has 7 nitrogen and oxygen atoms in total. The predicted molar refractivity (Wildman–Crippen MR) is 102 cm³/mol. The molecule has 0 atom stereocenters. The van der Waals surface area contributed by atoms with Gasteiger partial charge >= 0.3 is 6.01 Å². The van der Waals surface area contributed by atoms with Crippen LogP contribution in [0, 0.1) is 0 Å². The molecule has 0 unspecified atom stereocenters. The van der Waals surface area contributed by atoms with E-state index in [9.17, 15) is 9.59 Å². The number of anilines is 1. The summed E-state index contributed by atoms with van der Waals surface area (Å²) in [5.74, 6) is -0.778. The molecular formula is C18H14Cl2N4O3. The minimum Gasteiger partial charge on any atom is -0.418 e. The molecule has 2 heterocycles. The van der Waals surface area contributed by atoms with E-state index < -0.39 is 5.91 Å². The molecule has 0 spiro atoms. The Labute approximate surface area is 164 Å². The van der Waals surface area contributed by atoms with Gasteiger partial charge in [-0.05, 0) is 24.3 Å². The van der Waals surface area contributed by atoms with Crippen molar-refractivity contribution in [2.75, 3.05) is 19.4 Å². The smallest absolute Gasteiger partial charge is 0.302 e. The second kappa shape index (κ2) is 7.77. The average molecular weight is 405 g/mol. The highest BCUT2D eigenvalue weighted by Crippen LogP contribution is 2.28. The first kappa shape index (κ1) is 18.9. The number of hydrogen-bond donors (Lipinski definition) is 1. The highest BCUT2D eigenvalue weighted by Gasteiger charge is 2.17. The number of pyridine rings is 1. The second-order valence-corrected chi connectivity index (χ2v) is 6.56. The molecule has 9 heteroatoms. The molecule has 0 aliphatic heterocycles. The Kier molecular flexibility index (Phi) is 5.43. The predicted octanol–water partition coefficient (Wildman–Crippen LogP) is 4.00. The lowest BCUT2D eigenvalue weighted by molar-refractivity contribution is 0.0796. The Morgan fingerprint density at radius 3 is 2.56 bits per heavy atom. The minimum absolute atomic E-state index is 0.0292. The first-order chi connectivity index (χ1) is 12.8. The maximum absolute atomic E-state index is 12.5. The van der Waals surface area contributed by atoms with Crippen molar-refractivity contribution in [3.63, 3.8) is 0 Å². The molecule has 0 bridgehead atoms. The summed E-state index contributed by atoms with van der Waals surface area (Å²) in [5.41, 5.74) is 1.61. The number of nitrogens with zero attached hydrogens (tertiary/aromatic N) is 3. The molecule has 0 saturated carbocycles. The zero-order valence-electron chi connectivity index (χ0n) is 14.4. The van der Waals surface area contributed by atoms with Crippen LogP contribution >= 0.6 is 23.2 Å². The van der Waals surface area contributed by atoms with Crippen LogP contribution in [0.15, 0.2) is 47.1 Å². The number of halogens is 2. The number of carbonyl (C=O) groups is 2. The van der Waals surface area contributed by atoms with Gasteiger partial charge in [0.15, 0.2) is 0 Å². The van der Waals surface area contributed by atoms with Gasteiger partial charge in [-0.1, -0.05) is 29.3 Å². The summed E-state index contributed by atoms with van der Waals surface area (Å²) < 4.78 is 5.26. The number of benzene rings is 1. The largest absolute Gasteiger partial charge is 0.418 e. The van der Waals surface area contributed by atoms with E-state index in [2.05, 4.69) is 15.3 Å². The van der Waals surface area contributed by atoms with Crippen LogP contribution in [0.2, 0.25) is 10.0 Å². The van der Waals surface area contributed by atoms with Crippen LogP contribution in [0.1, 0.15) is 20.9 Å². The normalized spacial score (nSPS) is 10.5. The van der Waals surface area contributed by atoms with E-state index in [1.54, 1.807) is 44.4 Å². The van der Waals surface area contributed by atoms with Gasteiger partial charge in [0.1, 0.15) is 0 Å². The fourth-order valence-corrected chi connectivity index (χ4v) is 2.50. The van der Waals surface area contributed by atoms with Crippen LogP contribution < -0.4 is 5.32 Å². The molecule has 0 aliphatic rings. The summed E-state index contributed by atoms with van der Waals surface area (Å²) in [6.45, 7) is 0. The average Bonchev–Trinajstić information content (AvgIpc) is 3.11. The van der Waals surface area contributed by atoms with Crippen LogP contribution in [-0.2, 0) is 0 Å². The van der Waals surface area contributed by atoms with E-state index >= 15 is 0 Å². The van der Waals surface area contributed by atoms with Crippen LogP contribution in [0.25, 0.3) is 11.3 Å². The lowest BCUT2D eigenvalue weighted by Gasteiger charge is -2.07. The number of rotatable bonds is 4. The van der Waals surface area contributed by atoms with Gasteiger partial charge in [-0.2, -0.15) is 0 Å². The number of amides is 2. The van der Waals surface area contributed by atoms with E-state index in [1.807, 2.05) is 0 Å². The third-order valence-electron chi connectivity index (χ3n) is 3.58. The van der Waals surface area contributed by atoms with E-state index in [0.717, 1.165) is 0 Å². The maximum Gasteiger partial charge on any atom is 0.302 e. The van der Waals surface area contributed by atoms with Crippen molar-refractivity contribution in [2.45, 2.75) is 0 Å². The van der Waals surface area contributed by atoms with Crippen molar-refractivity contribution in [2.24, 2.45) is 0 Å². The van der Waals surface area contributed by atoms with E-state index in [1.165, 1.54) is 17.3 Å². The summed E-state index contributed by atoms with van der Waals surface area (Å²) >= 11 is 12.0. The molecule has 2 aromatic heterocycles. The van der Waals surface area contributed by atoms with Crippen molar-refractivity contribution in [1.29, 1.82) is 0 Å². The van der Waals surface area contributed by atoms with E-state index in [0.29, 0.717) is 26.9 Å². The first-order valence-electron chi connectivity index (χ1n) is 7.75. The molecule has 1 N–H and O–H groups in total. The molecule has 3 rings (SSSR count). The molecule has 2 amide bonds. The Hall–Kier alpha value is -2.90. The van der Waals surface area contributed by atoms with E-state index in [-0.39, 0.29) is 17.7 Å². The molecule has 0 radical (unpaired) electrons. The standard InChI is InChI=1S/C18H14Cl2N4O3/c1-24(2)17(26)15-9-22-18(27-15)23-16(25)11-5-6-21-14(8-11)10-3-4-12(19)13(20)7-10/h3-9H,1-2H3,(H,22,23,25). The monoisotopic (exact) mass is 404 g/mol. The number of carbonyl (C=O) groups excluding carboxylic acids is 2. The number of nitrogens with one attached hydrogen (secondary N) is 1. The summed E-state index contributed by atoms with van der Waals surface area (Å²) in [7, 11) is 3.18. The van der Waals surface area contributed by atoms with Gasteiger partial charge in [0.2, 0.25) is 5.76 Å². The molecule has 138 valence electrons. The number of hydrogen-bond acceptors (Lipinski definition) is 5. The van der Waals surface area contributed by atoms with Gasteiger partial charge in [0.25, 0.3) is 11.8 Å². The van der Waals surface area contributed by atoms with Gasteiger partial charge in [0.05, 0.1) is 21.9 Å². The van der Waals surface area contributed by atoms with E-state index in [4.69, 9.17) is 27.6 Å². The van der Waals surface area contributed by atoms with Crippen molar-refractivity contribution in [1.82, 2.24) is 14.9 Å². The van der Waals surface area contributed by atoms with Gasteiger partial charge in [0, 0.05) is 31.4 Å². The van der Waals surface area contributed by atoms with Crippen LogP contribution in [0.3, 0.4) is 0 Å². The maximum atomic E-state index is 12.5. The van der Waals surface area contributed by atoms with Gasteiger partial charge < -0.3 is 9.32 Å². The molecule has 0 saturated heterocycles. The summed E-state index contributed by atoms with van der Waals surface area (Å²) in [6.07, 6.45) is 2.76. The van der Waals surface area contributed by atoms with Crippen molar-refractivity contribution >= 4 is 41.0 Å². The summed E-state index contributed by atoms with van der Waals surface area (Å²) in [4.78, 5) is 33.8. The molecule has 1 aromatic carbocycles. The highest BCUT2D eigenvalue weighted by atomic mass is 35.5. The van der Waals surface area contributed by atoms with Gasteiger partial charge in [-0.15, -0.1) is 0 Å². The SMILES string of the molecule is CN(C)C(=O)c1cnc(NC(=O)c2ccnc(-c3ccc(Cl)c(Cl)c3)c2)o1.